The van der Waals surface area contributed by atoms with Crippen LogP contribution in [0.25, 0.3) is 11.4 Å². The van der Waals surface area contributed by atoms with Crippen molar-refractivity contribution in [1.29, 1.82) is 0 Å². The standard InChI is InChI=1S/C18H19N5O/c1-3-13-8-5-6-11-16(13)19-18(24)15-10-7-9-14(12-15)17-20-21-22-23(17)4-2/h5-12H,3-4H2,1-2H3,(H,19,24). The summed E-state index contributed by atoms with van der Waals surface area (Å²) in [6, 6.07) is 15.1. The van der Waals surface area contributed by atoms with Crippen LogP contribution in [-0.2, 0) is 13.0 Å². The summed E-state index contributed by atoms with van der Waals surface area (Å²) in [4.78, 5) is 12.6. The Balaban J connectivity index is 1.87. The summed E-state index contributed by atoms with van der Waals surface area (Å²) in [5, 5.41) is 14.6. The summed E-state index contributed by atoms with van der Waals surface area (Å²) in [5.74, 6) is 0.509. The molecule has 1 amide bonds. The lowest BCUT2D eigenvalue weighted by Gasteiger charge is -2.10. The highest BCUT2D eigenvalue weighted by Crippen LogP contribution is 2.20. The van der Waals surface area contributed by atoms with Crippen molar-refractivity contribution in [3.8, 4) is 11.4 Å². The Hall–Kier alpha value is -3.02. The summed E-state index contributed by atoms with van der Waals surface area (Å²) >= 11 is 0. The third-order valence-corrected chi connectivity index (χ3v) is 3.86. The van der Waals surface area contributed by atoms with E-state index in [2.05, 4.69) is 27.8 Å². The molecule has 24 heavy (non-hydrogen) atoms. The number of carbonyl (C=O) groups is 1. The van der Waals surface area contributed by atoms with Crippen LogP contribution in [0.2, 0.25) is 0 Å². The molecule has 0 atom stereocenters. The average molecular weight is 321 g/mol. The van der Waals surface area contributed by atoms with Gasteiger partial charge in [-0.3, -0.25) is 4.79 Å². The van der Waals surface area contributed by atoms with Crippen LogP contribution in [0.1, 0.15) is 29.8 Å². The van der Waals surface area contributed by atoms with Gasteiger partial charge in [-0.15, -0.1) is 5.10 Å². The molecule has 0 bridgehead atoms. The first-order chi connectivity index (χ1) is 11.7. The lowest BCUT2D eigenvalue weighted by atomic mass is 10.1. The molecule has 1 N–H and O–H groups in total. The van der Waals surface area contributed by atoms with Crippen molar-refractivity contribution in [2.24, 2.45) is 0 Å². The molecular formula is C18H19N5O. The monoisotopic (exact) mass is 321 g/mol. The molecule has 122 valence electrons. The maximum atomic E-state index is 12.6. The van der Waals surface area contributed by atoms with E-state index in [4.69, 9.17) is 0 Å². The zero-order valence-electron chi connectivity index (χ0n) is 13.7. The van der Waals surface area contributed by atoms with Gasteiger partial charge in [-0.25, -0.2) is 4.68 Å². The SMILES string of the molecule is CCc1ccccc1NC(=O)c1cccc(-c2nnnn2CC)c1. The molecule has 2 aromatic carbocycles. The zero-order valence-corrected chi connectivity index (χ0v) is 13.7. The van der Waals surface area contributed by atoms with Gasteiger partial charge in [-0.2, -0.15) is 0 Å². The van der Waals surface area contributed by atoms with Crippen LogP contribution >= 0.6 is 0 Å². The largest absolute Gasteiger partial charge is 0.322 e. The third kappa shape index (κ3) is 3.17. The number of hydrogen-bond donors (Lipinski definition) is 1. The van der Waals surface area contributed by atoms with Crippen molar-refractivity contribution in [1.82, 2.24) is 20.2 Å². The maximum absolute atomic E-state index is 12.6. The minimum Gasteiger partial charge on any atom is -0.322 e. The van der Waals surface area contributed by atoms with E-state index in [1.807, 2.05) is 49.4 Å². The van der Waals surface area contributed by atoms with Gasteiger partial charge in [-0.1, -0.05) is 37.3 Å². The van der Waals surface area contributed by atoms with Gasteiger partial charge >= 0.3 is 0 Å². The second-order valence-corrected chi connectivity index (χ2v) is 5.36. The minimum atomic E-state index is -0.145. The molecule has 0 radical (unpaired) electrons. The predicted octanol–water partition coefficient (Wildman–Crippen LogP) is 3.17. The number of tetrazole rings is 1. The molecule has 0 aliphatic rings. The topological polar surface area (TPSA) is 72.7 Å². The van der Waals surface area contributed by atoms with Crippen LogP contribution in [-0.4, -0.2) is 26.1 Å². The number of rotatable bonds is 5. The van der Waals surface area contributed by atoms with Crippen LogP contribution in [0.4, 0.5) is 5.69 Å². The highest BCUT2D eigenvalue weighted by atomic mass is 16.1. The van der Waals surface area contributed by atoms with E-state index < -0.39 is 0 Å². The van der Waals surface area contributed by atoms with Gasteiger partial charge in [0.2, 0.25) is 0 Å². The summed E-state index contributed by atoms with van der Waals surface area (Å²) in [6.45, 7) is 4.71. The van der Waals surface area contributed by atoms with Crippen molar-refractivity contribution in [3.63, 3.8) is 0 Å². The first-order valence-corrected chi connectivity index (χ1v) is 7.98. The molecule has 0 aliphatic heterocycles. The van der Waals surface area contributed by atoms with Crippen LogP contribution < -0.4 is 5.32 Å². The van der Waals surface area contributed by atoms with Gasteiger partial charge in [0.05, 0.1) is 0 Å². The summed E-state index contributed by atoms with van der Waals surface area (Å²) in [5.41, 5.74) is 3.34. The number of aromatic nitrogens is 4. The smallest absolute Gasteiger partial charge is 0.255 e. The lowest BCUT2D eigenvalue weighted by molar-refractivity contribution is 0.102. The quantitative estimate of drug-likeness (QED) is 0.783. The van der Waals surface area contributed by atoms with E-state index in [9.17, 15) is 4.79 Å². The Kier molecular flexibility index (Phi) is 4.65. The van der Waals surface area contributed by atoms with E-state index in [0.29, 0.717) is 17.9 Å². The van der Waals surface area contributed by atoms with Gasteiger partial charge in [0, 0.05) is 23.4 Å². The number of carbonyl (C=O) groups excluding carboxylic acids is 1. The zero-order chi connectivity index (χ0) is 16.9. The number of benzene rings is 2. The van der Waals surface area contributed by atoms with Crippen LogP contribution in [0.3, 0.4) is 0 Å². The van der Waals surface area contributed by atoms with Gasteiger partial charge in [0.25, 0.3) is 5.91 Å². The second kappa shape index (κ2) is 7.04. The Bertz CT molecular complexity index is 856. The number of anilines is 1. The molecular weight excluding hydrogens is 302 g/mol. The highest BCUT2D eigenvalue weighted by molar-refractivity contribution is 6.05. The number of nitrogens with zero attached hydrogens (tertiary/aromatic N) is 4. The summed E-state index contributed by atoms with van der Waals surface area (Å²) in [7, 11) is 0. The molecule has 0 fully saturated rings. The summed E-state index contributed by atoms with van der Waals surface area (Å²) in [6.07, 6.45) is 0.863. The van der Waals surface area contributed by atoms with Crippen LogP contribution in [0.5, 0.6) is 0 Å². The lowest BCUT2D eigenvalue weighted by Crippen LogP contribution is -2.13. The molecule has 0 unspecified atom stereocenters. The van der Waals surface area contributed by atoms with Crippen molar-refractivity contribution in [3.05, 3.63) is 59.7 Å². The van der Waals surface area contributed by atoms with Crippen molar-refractivity contribution in [2.45, 2.75) is 26.8 Å². The van der Waals surface area contributed by atoms with E-state index in [1.54, 1.807) is 10.7 Å². The predicted molar refractivity (Wildman–Crippen MR) is 92.7 cm³/mol. The first kappa shape index (κ1) is 15.9. The van der Waals surface area contributed by atoms with E-state index in [0.717, 1.165) is 23.2 Å². The van der Waals surface area contributed by atoms with Crippen molar-refractivity contribution in [2.75, 3.05) is 5.32 Å². The molecule has 0 saturated carbocycles. The molecule has 0 spiro atoms. The Morgan fingerprint density at radius 1 is 1.12 bits per heavy atom. The number of aryl methyl sites for hydroxylation is 2. The molecule has 0 saturated heterocycles. The average Bonchev–Trinajstić information content (AvgIpc) is 3.11. The van der Waals surface area contributed by atoms with Gasteiger partial charge < -0.3 is 5.32 Å². The van der Waals surface area contributed by atoms with Crippen LogP contribution in [0, 0.1) is 0 Å². The van der Waals surface area contributed by atoms with E-state index in [1.165, 1.54) is 0 Å². The molecule has 1 heterocycles. The number of nitrogens with one attached hydrogen (secondary N) is 1. The first-order valence-electron chi connectivity index (χ1n) is 7.98. The summed E-state index contributed by atoms with van der Waals surface area (Å²) < 4.78 is 1.70. The Morgan fingerprint density at radius 2 is 1.96 bits per heavy atom. The van der Waals surface area contributed by atoms with E-state index >= 15 is 0 Å². The molecule has 3 rings (SSSR count). The van der Waals surface area contributed by atoms with Crippen LogP contribution in [0.15, 0.2) is 48.5 Å². The second-order valence-electron chi connectivity index (χ2n) is 5.36. The Labute approximate surface area is 140 Å². The third-order valence-electron chi connectivity index (χ3n) is 3.86. The normalized spacial score (nSPS) is 10.6. The van der Waals surface area contributed by atoms with Crippen molar-refractivity contribution >= 4 is 11.6 Å². The fourth-order valence-corrected chi connectivity index (χ4v) is 2.57. The molecule has 6 nitrogen and oxygen atoms in total. The minimum absolute atomic E-state index is 0.145. The Morgan fingerprint density at radius 3 is 2.75 bits per heavy atom. The van der Waals surface area contributed by atoms with Crippen molar-refractivity contribution < 1.29 is 4.79 Å². The molecule has 6 heteroatoms. The number of amides is 1. The van der Waals surface area contributed by atoms with Gasteiger partial charge in [0.15, 0.2) is 5.82 Å². The highest BCUT2D eigenvalue weighted by Gasteiger charge is 2.12. The van der Waals surface area contributed by atoms with Gasteiger partial charge in [-0.05, 0) is 47.5 Å². The fraction of sp³-hybridized carbons (Fsp3) is 0.222. The van der Waals surface area contributed by atoms with Gasteiger partial charge in [0.1, 0.15) is 0 Å². The fourth-order valence-electron chi connectivity index (χ4n) is 2.57. The molecule has 1 aromatic heterocycles. The number of para-hydroxylation sites is 1. The molecule has 3 aromatic rings. The van der Waals surface area contributed by atoms with E-state index in [-0.39, 0.29) is 5.91 Å². The molecule has 0 aliphatic carbocycles. The number of hydrogen-bond acceptors (Lipinski definition) is 4. The maximum Gasteiger partial charge on any atom is 0.255 e.